The van der Waals surface area contributed by atoms with Crippen LogP contribution in [0.25, 0.3) is 6.08 Å². The molecule has 33 heavy (non-hydrogen) atoms. The van der Waals surface area contributed by atoms with E-state index in [1.807, 2.05) is 20.0 Å². The van der Waals surface area contributed by atoms with Gasteiger partial charge >= 0.3 is 6.18 Å². The smallest absolute Gasteiger partial charge is 0.375 e. The van der Waals surface area contributed by atoms with E-state index in [2.05, 4.69) is 35.7 Å². The van der Waals surface area contributed by atoms with Crippen molar-refractivity contribution < 1.29 is 27.0 Å². The fraction of sp³-hybridized carbons (Fsp3) is 0.462. The summed E-state index contributed by atoms with van der Waals surface area (Å²) in [5.41, 5.74) is 1.62. The number of hydrogen-bond acceptors (Lipinski definition) is 3. The molecule has 0 N–H and O–H groups in total. The number of ether oxygens (including phenoxy) is 2. The Morgan fingerprint density at radius 1 is 1.12 bits per heavy atom. The zero-order valence-corrected chi connectivity index (χ0v) is 19.1. The van der Waals surface area contributed by atoms with E-state index >= 15 is 0 Å². The Morgan fingerprint density at radius 2 is 1.76 bits per heavy atom. The summed E-state index contributed by atoms with van der Waals surface area (Å²) >= 11 is 0. The maximum atomic E-state index is 13.4. The van der Waals surface area contributed by atoms with Gasteiger partial charge in [-0.05, 0) is 74.6 Å². The minimum absolute atomic E-state index is 0.165. The van der Waals surface area contributed by atoms with Crippen molar-refractivity contribution in [3.05, 3.63) is 77.1 Å². The summed E-state index contributed by atoms with van der Waals surface area (Å²) in [6, 6.07) is 11.6. The molecule has 0 bridgehead atoms. The van der Waals surface area contributed by atoms with Crippen LogP contribution in [0, 0.1) is 5.82 Å². The third-order valence-corrected chi connectivity index (χ3v) is 6.25. The van der Waals surface area contributed by atoms with Crippen molar-refractivity contribution in [2.24, 2.45) is 0 Å². The largest absolute Gasteiger partial charge is 0.419 e. The Hall–Kier alpha value is -2.22. The fourth-order valence-corrected chi connectivity index (χ4v) is 4.18. The van der Waals surface area contributed by atoms with Gasteiger partial charge in [-0.2, -0.15) is 13.2 Å². The standard InChI is InChI=1S/C13H15F4N.C13H16O2/c1-18-6-4-9(5-7-18)10-2-3-11(12(14)8-10)13(15,16)17;1-3-11-5-7-12(8-6-11)13(15-4-2)9-14-10-13/h2-3,8-9H,4-7H2,1H3;3,5-8H,1,4,9-10H2,2H3. The average Bonchev–Trinajstić information content (AvgIpc) is 2.76. The lowest BCUT2D eigenvalue weighted by atomic mass is 9.89. The quantitative estimate of drug-likeness (QED) is 0.488. The second kappa shape index (κ2) is 10.8. The summed E-state index contributed by atoms with van der Waals surface area (Å²) < 4.78 is 61.8. The van der Waals surface area contributed by atoms with Gasteiger partial charge in [0.05, 0.1) is 18.8 Å². The molecule has 0 amide bonds. The zero-order valence-electron chi connectivity index (χ0n) is 19.1. The summed E-state index contributed by atoms with van der Waals surface area (Å²) in [5.74, 6) is -1.00. The van der Waals surface area contributed by atoms with Gasteiger partial charge in [-0.1, -0.05) is 43.0 Å². The van der Waals surface area contributed by atoms with Crippen molar-refractivity contribution in [1.82, 2.24) is 4.90 Å². The summed E-state index contributed by atoms with van der Waals surface area (Å²) in [5, 5.41) is 0. The minimum atomic E-state index is -4.62. The van der Waals surface area contributed by atoms with Gasteiger partial charge in [0, 0.05) is 6.61 Å². The van der Waals surface area contributed by atoms with Crippen LogP contribution in [-0.2, 0) is 21.3 Å². The first-order valence-electron chi connectivity index (χ1n) is 11.2. The molecule has 2 aromatic rings. The Bertz CT molecular complexity index is 915. The van der Waals surface area contributed by atoms with E-state index in [0.717, 1.165) is 43.6 Å². The molecular formula is C26H31F4NO2. The average molecular weight is 466 g/mol. The number of halogens is 4. The van der Waals surface area contributed by atoms with Crippen molar-refractivity contribution in [3.63, 3.8) is 0 Å². The number of nitrogens with zero attached hydrogens (tertiary/aromatic N) is 1. The lowest BCUT2D eigenvalue weighted by Crippen LogP contribution is -2.49. The van der Waals surface area contributed by atoms with Crippen molar-refractivity contribution >= 4 is 6.08 Å². The number of benzene rings is 2. The van der Waals surface area contributed by atoms with Gasteiger partial charge in [-0.3, -0.25) is 0 Å². The Kier molecular flexibility index (Phi) is 8.32. The number of hydrogen-bond donors (Lipinski definition) is 0. The van der Waals surface area contributed by atoms with Crippen molar-refractivity contribution in [2.75, 3.05) is 40.0 Å². The predicted molar refractivity (Wildman–Crippen MR) is 122 cm³/mol. The molecule has 4 rings (SSSR count). The molecule has 2 aliphatic heterocycles. The predicted octanol–water partition coefficient (Wildman–Crippen LogP) is 6.25. The Morgan fingerprint density at radius 3 is 2.21 bits per heavy atom. The summed E-state index contributed by atoms with van der Waals surface area (Å²) in [6.45, 7) is 9.58. The zero-order chi connectivity index (χ0) is 24.1. The normalized spacial score (nSPS) is 18.7. The van der Waals surface area contributed by atoms with Crippen molar-refractivity contribution in [3.8, 4) is 0 Å². The van der Waals surface area contributed by atoms with Crippen LogP contribution in [0.4, 0.5) is 17.6 Å². The maximum absolute atomic E-state index is 13.4. The van der Waals surface area contributed by atoms with Crippen LogP contribution < -0.4 is 0 Å². The van der Waals surface area contributed by atoms with Crippen LogP contribution >= 0.6 is 0 Å². The molecule has 0 aromatic heterocycles. The third kappa shape index (κ3) is 6.22. The maximum Gasteiger partial charge on any atom is 0.419 e. The fourth-order valence-electron chi connectivity index (χ4n) is 4.18. The molecule has 2 saturated heterocycles. The molecule has 3 nitrogen and oxygen atoms in total. The van der Waals surface area contributed by atoms with E-state index in [4.69, 9.17) is 9.47 Å². The highest BCUT2D eigenvalue weighted by atomic mass is 19.4. The molecule has 0 radical (unpaired) electrons. The highest BCUT2D eigenvalue weighted by Crippen LogP contribution is 2.35. The molecule has 2 fully saturated rings. The van der Waals surface area contributed by atoms with Crippen LogP contribution in [0.3, 0.4) is 0 Å². The van der Waals surface area contributed by atoms with Gasteiger partial charge in [0.1, 0.15) is 11.4 Å². The number of piperidine rings is 1. The molecule has 7 heteroatoms. The van der Waals surface area contributed by atoms with Crippen molar-refractivity contribution in [1.29, 1.82) is 0 Å². The van der Waals surface area contributed by atoms with Crippen LogP contribution in [0.2, 0.25) is 0 Å². The molecule has 0 spiro atoms. The lowest BCUT2D eigenvalue weighted by molar-refractivity contribution is -0.214. The SMILES string of the molecule is C=Cc1ccc(C2(OCC)COC2)cc1.CN1CCC(c2ccc(C(F)(F)F)c(F)c2)CC1. The van der Waals surface area contributed by atoms with E-state index in [0.29, 0.717) is 25.4 Å². The summed E-state index contributed by atoms with van der Waals surface area (Å²) in [7, 11) is 2.00. The molecule has 0 unspecified atom stereocenters. The van der Waals surface area contributed by atoms with Gasteiger partial charge in [0.25, 0.3) is 0 Å². The molecule has 2 aromatic carbocycles. The second-order valence-electron chi connectivity index (χ2n) is 8.56. The van der Waals surface area contributed by atoms with Gasteiger partial charge in [-0.15, -0.1) is 0 Å². The van der Waals surface area contributed by atoms with E-state index in [1.54, 1.807) is 0 Å². The third-order valence-electron chi connectivity index (χ3n) is 6.25. The first kappa shape index (κ1) is 25.4. The molecular weight excluding hydrogens is 434 g/mol. The van der Waals surface area contributed by atoms with E-state index in [1.165, 1.54) is 11.6 Å². The van der Waals surface area contributed by atoms with Crippen LogP contribution in [0.5, 0.6) is 0 Å². The topological polar surface area (TPSA) is 21.7 Å². The number of rotatable bonds is 5. The highest BCUT2D eigenvalue weighted by molar-refractivity contribution is 5.48. The molecule has 0 saturated carbocycles. The van der Waals surface area contributed by atoms with Gasteiger partial charge in [0.15, 0.2) is 0 Å². The first-order chi connectivity index (χ1) is 15.7. The molecule has 0 aliphatic carbocycles. The van der Waals surface area contributed by atoms with Crippen molar-refractivity contribution in [2.45, 2.75) is 37.5 Å². The van der Waals surface area contributed by atoms with Crippen LogP contribution in [0.15, 0.2) is 49.0 Å². The van der Waals surface area contributed by atoms with E-state index in [9.17, 15) is 17.6 Å². The highest BCUT2D eigenvalue weighted by Gasteiger charge is 2.41. The van der Waals surface area contributed by atoms with E-state index in [-0.39, 0.29) is 11.5 Å². The van der Waals surface area contributed by atoms with Gasteiger partial charge in [0.2, 0.25) is 0 Å². The van der Waals surface area contributed by atoms with Gasteiger partial charge in [-0.25, -0.2) is 4.39 Å². The lowest BCUT2D eigenvalue weighted by Gasteiger charge is -2.41. The Labute approximate surface area is 193 Å². The van der Waals surface area contributed by atoms with E-state index < -0.39 is 17.6 Å². The molecule has 2 aliphatic rings. The molecule has 180 valence electrons. The van der Waals surface area contributed by atoms with Gasteiger partial charge < -0.3 is 14.4 Å². The van der Waals surface area contributed by atoms with Crippen LogP contribution in [0.1, 0.15) is 47.9 Å². The second-order valence-corrected chi connectivity index (χ2v) is 8.56. The summed E-state index contributed by atoms with van der Waals surface area (Å²) in [6.07, 6.45) is -1.05. The minimum Gasteiger partial charge on any atom is -0.375 e. The van der Waals surface area contributed by atoms with Crippen LogP contribution in [-0.4, -0.2) is 44.9 Å². The Balaban J connectivity index is 0.000000189. The first-order valence-corrected chi connectivity index (χ1v) is 11.2. The molecule has 2 heterocycles. The number of alkyl halides is 3. The monoisotopic (exact) mass is 465 g/mol. The number of likely N-dealkylation sites (tertiary alicyclic amines) is 1. The summed E-state index contributed by atoms with van der Waals surface area (Å²) in [4.78, 5) is 2.16. The molecule has 0 atom stereocenters.